The first-order valence-electron chi connectivity index (χ1n) is 7.63. The third-order valence-electron chi connectivity index (χ3n) is 3.25. The van der Waals surface area contributed by atoms with Gasteiger partial charge in [-0.1, -0.05) is 12.1 Å². The number of benzene rings is 1. The minimum Gasteiger partial charge on any atom is -0.493 e. The summed E-state index contributed by atoms with van der Waals surface area (Å²) in [5.41, 5.74) is 7.77. The maximum Gasteiger partial charge on any atom is 0.245 e. The average molecular weight is 347 g/mol. The zero-order valence-electron chi connectivity index (χ0n) is 14.0. The van der Waals surface area contributed by atoms with Crippen molar-refractivity contribution in [3.63, 3.8) is 0 Å². The maximum absolute atomic E-state index is 11.7. The van der Waals surface area contributed by atoms with Crippen LogP contribution in [0.1, 0.15) is 28.2 Å². The molecule has 0 bridgehead atoms. The molecular formula is C17H21N3O3S. The average Bonchev–Trinajstić information content (AvgIpc) is 2.93. The number of nitrogens with one attached hydrogen (secondary N) is 2. The van der Waals surface area contributed by atoms with Crippen LogP contribution in [0.5, 0.6) is 5.75 Å². The highest BCUT2D eigenvalue weighted by Gasteiger charge is 2.09. The fourth-order valence-electron chi connectivity index (χ4n) is 1.98. The first-order chi connectivity index (χ1) is 11.4. The third kappa shape index (κ3) is 5.66. The normalized spacial score (nSPS) is 10.3. The number of carbonyl (C=O) groups is 2. The molecule has 6 nitrogen and oxygen atoms in total. The second-order valence-electron chi connectivity index (χ2n) is 5.52. The molecule has 0 unspecified atom stereocenters. The van der Waals surface area contributed by atoms with Crippen LogP contribution in [-0.2, 0) is 16.0 Å². The summed E-state index contributed by atoms with van der Waals surface area (Å²) >= 11 is 1.42. The van der Waals surface area contributed by atoms with E-state index in [1.807, 2.05) is 44.4 Å². The number of thiazole rings is 1. The van der Waals surface area contributed by atoms with Gasteiger partial charge in [-0.25, -0.2) is 4.98 Å². The van der Waals surface area contributed by atoms with Crippen LogP contribution >= 0.6 is 11.3 Å². The van der Waals surface area contributed by atoms with Crippen LogP contribution in [0, 0.1) is 20.8 Å². The summed E-state index contributed by atoms with van der Waals surface area (Å²) in [6.45, 7) is 6.06. The van der Waals surface area contributed by atoms with Gasteiger partial charge in [0.15, 0.2) is 0 Å². The van der Waals surface area contributed by atoms with Crippen LogP contribution in [0.4, 0.5) is 0 Å². The van der Waals surface area contributed by atoms with E-state index in [9.17, 15) is 9.59 Å². The van der Waals surface area contributed by atoms with Crippen molar-refractivity contribution in [3.8, 4) is 5.75 Å². The van der Waals surface area contributed by atoms with Gasteiger partial charge in [0.05, 0.1) is 19.4 Å². The SMILES string of the molecule is Cc1ccc(C)c(OCCC(=O)NNC(=O)Cc2nc(C)cs2)c1. The molecule has 0 aliphatic carbocycles. The van der Waals surface area contributed by atoms with Gasteiger partial charge in [0.1, 0.15) is 10.8 Å². The van der Waals surface area contributed by atoms with Crippen LogP contribution in [0.25, 0.3) is 0 Å². The second kappa shape index (κ2) is 8.44. The van der Waals surface area contributed by atoms with E-state index in [0.29, 0.717) is 0 Å². The number of rotatable bonds is 6. The summed E-state index contributed by atoms with van der Waals surface area (Å²) in [6.07, 6.45) is 0.307. The van der Waals surface area contributed by atoms with Crippen LogP contribution in [0.2, 0.25) is 0 Å². The molecule has 2 amide bonds. The molecule has 128 valence electrons. The predicted molar refractivity (Wildman–Crippen MR) is 92.9 cm³/mol. The topological polar surface area (TPSA) is 80.3 Å². The smallest absolute Gasteiger partial charge is 0.245 e. The van der Waals surface area contributed by atoms with Gasteiger partial charge in [0, 0.05) is 11.1 Å². The van der Waals surface area contributed by atoms with E-state index in [4.69, 9.17) is 4.74 Å². The standard InChI is InChI=1S/C17H21N3O3S/c1-11-4-5-12(2)14(8-11)23-7-6-15(21)19-20-16(22)9-17-18-13(3)10-24-17/h4-5,8,10H,6-7,9H2,1-3H3,(H,19,21)(H,20,22). The Hall–Kier alpha value is -2.41. The number of ether oxygens (including phenoxy) is 1. The van der Waals surface area contributed by atoms with Gasteiger partial charge in [-0.3, -0.25) is 20.4 Å². The van der Waals surface area contributed by atoms with Crippen molar-refractivity contribution in [2.45, 2.75) is 33.6 Å². The van der Waals surface area contributed by atoms with Gasteiger partial charge in [-0.2, -0.15) is 0 Å². The molecule has 0 saturated heterocycles. The van der Waals surface area contributed by atoms with Gasteiger partial charge >= 0.3 is 0 Å². The highest BCUT2D eigenvalue weighted by molar-refractivity contribution is 7.09. The minimum absolute atomic E-state index is 0.151. The van der Waals surface area contributed by atoms with Gasteiger partial charge in [-0.05, 0) is 38.0 Å². The molecule has 1 heterocycles. The lowest BCUT2D eigenvalue weighted by molar-refractivity contribution is -0.128. The summed E-state index contributed by atoms with van der Waals surface area (Å²) in [4.78, 5) is 27.6. The van der Waals surface area contributed by atoms with Crippen molar-refractivity contribution < 1.29 is 14.3 Å². The number of hydrazine groups is 1. The Morgan fingerprint density at radius 3 is 2.62 bits per heavy atom. The molecule has 0 radical (unpaired) electrons. The summed E-state index contributed by atoms with van der Waals surface area (Å²) in [7, 11) is 0. The van der Waals surface area contributed by atoms with Crippen molar-refractivity contribution >= 4 is 23.2 Å². The molecule has 1 aromatic heterocycles. The number of aryl methyl sites for hydroxylation is 3. The number of hydrogen-bond donors (Lipinski definition) is 2. The Bertz CT molecular complexity index is 728. The Morgan fingerprint density at radius 2 is 1.92 bits per heavy atom. The Kier molecular flexibility index (Phi) is 6.31. The fourth-order valence-corrected chi connectivity index (χ4v) is 2.75. The van der Waals surface area contributed by atoms with Crippen molar-refractivity contribution in [2.75, 3.05) is 6.61 Å². The van der Waals surface area contributed by atoms with E-state index in [2.05, 4.69) is 15.8 Å². The fraction of sp³-hybridized carbons (Fsp3) is 0.353. The lowest BCUT2D eigenvalue weighted by atomic mass is 10.1. The summed E-state index contributed by atoms with van der Waals surface area (Å²) in [5.74, 6) is 0.170. The molecule has 0 fully saturated rings. The Morgan fingerprint density at radius 1 is 1.17 bits per heavy atom. The molecule has 2 rings (SSSR count). The summed E-state index contributed by atoms with van der Waals surface area (Å²) in [6, 6.07) is 5.92. The number of amides is 2. The van der Waals surface area contributed by atoms with E-state index in [-0.39, 0.29) is 31.3 Å². The zero-order valence-corrected chi connectivity index (χ0v) is 14.8. The van der Waals surface area contributed by atoms with Crippen LogP contribution in [-0.4, -0.2) is 23.4 Å². The van der Waals surface area contributed by atoms with E-state index in [1.54, 1.807) is 0 Å². The van der Waals surface area contributed by atoms with Gasteiger partial charge in [0.2, 0.25) is 11.8 Å². The number of nitrogens with zero attached hydrogens (tertiary/aromatic N) is 1. The lowest BCUT2D eigenvalue weighted by Crippen LogP contribution is -2.42. The first-order valence-corrected chi connectivity index (χ1v) is 8.51. The number of aromatic nitrogens is 1. The van der Waals surface area contributed by atoms with Gasteiger partial charge in [0.25, 0.3) is 0 Å². The van der Waals surface area contributed by atoms with Gasteiger partial charge < -0.3 is 4.74 Å². The van der Waals surface area contributed by atoms with Crippen molar-refractivity contribution in [3.05, 3.63) is 45.4 Å². The first kappa shape index (κ1) is 17.9. The van der Waals surface area contributed by atoms with E-state index >= 15 is 0 Å². The quantitative estimate of drug-likeness (QED) is 0.785. The van der Waals surface area contributed by atoms with E-state index in [0.717, 1.165) is 27.6 Å². The van der Waals surface area contributed by atoms with Crippen LogP contribution in [0.15, 0.2) is 23.6 Å². The predicted octanol–water partition coefficient (Wildman–Crippen LogP) is 2.23. The molecule has 0 aliphatic heterocycles. The summed E-state index contributed by atoms with van der Waals surface area (Å²) < 4.78 is 5.61. The molecule has 2 N–H and O–H groups in total. The minimum atomic E-state index is -0.302. The van der Waals surface area contributed by atoms with Crippen LogP contribution in [0.3, 0.4) is 0 Å². The third-order valence-corrected chi connectivity index (χ3v) is 4.22. The highest BCUT2D eigenvalue weighted by Crippen LogP contribution is 2.19. The lowest BCUT2D eigenvalue weighted by Gasteiger charge is -2.10. The zero-order chi connectivity index (χ0) is 17.5. The molecule has 1 aromatic carbocycles. The molecular weight excluding hydrogens is 326 g/mol. The van der Waals surface area contributed by atoms with Gasteiger partial charge in [-0.15, -0.1) is 11.3 Å². The van der Waals surface area contributed by atoms with E-state index in [1.165, 1.54) is 11.3 Å². The molecule has 0 saturated carbocycles. The van der Waals surface area contributed by atoms with Crippen LogP contribution < -0.4 is 15.6 Å². The molecule has 7 heteroatoms. The molecule has 2 aromatic rings. The molecule has 0 aliphatic rings. The highest BCUT2D eigenvalue weighted by atomic mass is 32.1. The van der Waals surface area contributed by atoms with Crippen molar-refractivity contribution in [1.29, 1.82) is 0 Å². The largest absolute Gasteiger partial charge is 0.493 e. The van der Waals surface area contributed by atoms with E-state index < -0.39 is 0 Å². The molecule has 24 heavy (non-hydrogen) atoms. The molecule has 0 atom stereocenters. The number of carbonyl (C=O) groups excluding carboxylic acids is 2. The van der Waals surface area contributed by atoms with Crippen molar-refractivity contribution in [1.82, 2.24) is 15.8 Å². The summed E-state index contributed by atoms with van der Waals surface area (Å²) in [5, 5.41) is 2.60. The second-order valence-corrected chi connectivity index (χ2v) is 6.47. The maximum atomic E-state index is 11.7. The van der Waals surface area contributed by atoms with Crippen molar-refractivity contribution in [2.24, 2.45) is 0 Å². The number of hydrogen-bond acceptors (Lipinski definition) is 5. The Labute approximate surface area is 145 Å². The Balaban J connectivity index is 1.68. The molecule has 0 spiro atoms. The monoisotopic (exact) mass is 347 g/mol.